The zero-order chi connectivity index (χ0) is 44.2. The molecule has 0 radical (unpaired) electrons. The summed E-state index contributed by atoms with van der Waals surface area (Å²) in [6.45, 7) is 5.56. The summed E-state index contributed by atoms with van der Waals surface area (Å²) in [6.07, 6.45) is 14.1. The molecule has 0 aromatic heterocycles. The third-order valence-corrected chi connectivity index (χ3v) is 18.8. The summed E-state index contributed by atoms with van der Waals surface area (Å²) >= 11 is 1.86. The first kappa shape index (κ1) is 43.0. The third-order valence-electron chi connectivity index (χ3n) is 13.4. The van der Waals surface area contributed by atoms with E-state index in [2.05, 4.69) is 218 Å². The van der Waals surface area contributed by atoms with Crippen LogP contribution in [0.3, 0.4) is 0 Å². The van der Waals surface area contributed by atoms with Crippen molar-refractivity contribution >= 4 is 46.0 Å². The van der Waals surface area contributed by atoms with Crippen LogP contribution in [0.4, 0.5) is 0 Å². The van der Waals surface area contributed by atoms with Gasteiger partial charge in [0.25, 0.3) is 0 Å². The van der Waals surface area contributed by atoms with E-state index in [4.69, 9.17) is 4.74 Å². The first-order valence-electron chi connectivity index (χ1n) is 23.1. The van der Waals surface area contributed by atoms with Crippen LogP contribution in [-0.4, -0.2) is 13.2 Å². The summed E-state index contributed by atoms with van der Waals surface area (Å²) in [6, 6.07) is 66.6. The van der Waals surface area contributed by atoms with Crippen molar-refractivity contribution in [3.63, 3.8) is 0 Å². The summed E-state index contributed by atoms with van der Waals surface area (Å²) in [5.74, 6) is 0. The number of hydrogen-bond donors (Lipinski definition) is 0. The molecule has 3 heteroatoms. The third kappa shape index (κ3) is 8.10. The number of aryl methyl sites for hydroxylation is 4. The molecule has 0 spiro atoms. The molecule has 10 rings (SSSR count). The summed E-state index contributed by atoms with van der Waals surface area (Å²) in [7, 11) is -2.53. The number of rotatable bonds is 8. The van der Waals surface area contributed by atoms with Crippen molar-refractivity contribution in [1.29, 1.82) is 0 Å². The SMILES string of the molecule is C/C=C/c1ccc2c(c1)CCc1ccccc1/C2=C1/c2ccccc2CCc2cc(C(C=C3COCC3=CCC)=C([C]#[Os])[P+](c3ccccc3)(c3ccccc3)c3ccccc3)ccc21. The first-order chi connectivity index (χ1) is 32.1. The predicted molar refractivity (Wildman–Crippen MR) is 274 cm³/mol. The van der Waals surface area contributed by atoms with E-state index >= 15 is 0 Å². The van der Waals surface area contributed by atoms with Gasteiger partial charge in [-0.3, -0.25) is 0 Å². The monoisotopic (exact) mass is 1040 g/mol. The fourth-order valence-electron chi connectivity index (χ4n) is 10.5. The van der Waals surface area contributed by atoms with E-state index in [0.717, 1.165) is 32.1 Å². The number of allylic oxidation sites excluding steroid dienone is 5. The Labute approximate surface area is 396 Å². The van der Waals surface area contributed by atoms with E-state index < -0.39 is 7.26 Å². The molecule has 319 valence electrons. The van der Waals surface area contributed by atoms with Crippen LogP contribution in [0, 0.1) is 4.37 Å². The van der Waals surface area contributed by atoms with E-state index in [9.17, 15) is 0 Å². The molecule has 3 aliphatic rings. The van der Waals surface area contributed by atoms with E-state index in [-0.39, 0.29) is 0 Å². The predicted octanol–water partition coefficient (Wildman–Crippen LogP) is 13.4. The van der Waals surface area contributed by atoms with Crippen molar-refractivity contribution in [3.8, 4) is 4.37 Å². The molecule has 0 bridgehead atoms. The summed E-state index contributed by atoms with van der Waals surface area (Å²) < 4.78 is 10.3. The van der Waals surface area contributed by atoms with Gasteiger partial charge in [-0.1, -0.05) is 18.2 Å². The zero-order valence-corrected chi connectivity index (χ0v) is 40.6. The van der Waals surface area contributed by atoms with Gasteiger partial charge in [0, 0.05) is 0 Å². The summed E-state index contributed by atoms with van der Waals surface area (Å²) in [4.78, 5) is 0. The minimum absolute atomic E-state index is 0.590. The van der Waals surface area contributed by atoms with Crippen molar-refractivity contribution in [1.82, 2.24) is 0 Å². The fourth-order valence-corrected chi connectivity index (χ4v) is 16.3. The van der Waals surface area contributed by atoms with Gasteiger partial charge < -0.3 is 0 Å². The average Bonchev–Trinajstić information content (AvgIpc) is 3.65. The standard InChI is InChI=1S/C62H53OP.Os/c1-4-19-45-31-37-58-48(39-45)34-32-46-21-15-17-29-56(46)61(58)62-57-30-18-16-22-47(57)33-35-49-40-50(36-38-59(49)62)60(41-52-43-63-42-51(52)20-5-2)44(3)64(53-23-9-6-10-24-53,54-25-11-7-12-26-54)55-27-13-8-14-28-55;/h4,6-31,36-41H,5,32-35,42-43H2,1-2H3;/q+1;/b19-4+,51-20?,52-41?,60-44?,62-61+;. The second-order valence-electron chi connectivity index (χ2n) is 17.2. The Morgan fingerprint density at radius 2 is 1.03 bits per heavy atom. The molecule has 0 atom stereocenters. The van der Waals surface area contributed by atoms with Crippen LogP contribution in [-0.2, 0) is 48.4 Å². The molecule has 2 aliphatic carbocycles. The van der Waals surface area contributed by atoms with Crippen LogP contribution in [0.25, 0.3) is 22.8 Å². The molecular formula is C62H53OOsP+. The van der Waals surface area contributed by atoms with Gasteiger partial charge in [0.2, 0.25) is 0 Å². The van der Waals surface area contributed by atoms with Gasteiger partial charge in [-0.25, -0.2) is 0 Å². The van der Waals surface area contributed by atoms with E-state index in [0.29, 0.717) is 13.2 Å². The molecule has 0 unspecified atom stereocenters. The van der Waals surface area contributed by atoms with Crippen molar-refractivity contribution < 1.29 is 22.7 Å². The Hall–Kier alpha value is -5.95. The molecule has 65 heavy (non-hydrogen) atoms. The second-order valence-corrected chi connectivity index (χ2v) is 21.2. The van der Waals surface area contributed by atoms with Crippen LogP contribution in [0.5, 0.6) is 0 Å². The quantitative estimate of drug-likeness (QED) is 0.138. The Kier molecular flexibility index (Phi) is 12.7. The molecule has 7 aromatic carbocycles. The molecule has 0 N–H and O–H groups in total. The Morgan fingerprint density at radius 1 is 0.554 bits per heavy atom. The van der Waals surface area contributed by atoms with Crippen LogP contribution in [0.15, 0.2) is 211 Å². The average molecular weight is 1040 g/mol. The minimum atomic E-state index is -2.53. The van der Waals surface area contributed by atoms with Crippen molar-refractivity contribution in [2.75, 3.05) is 13.2 Å². The van der Waals surface area contributed by atoms with E-state index in [1.165, 1.54) is 105 Å². The molecule has 1 nitrogen and oxygen atoms in total. The van der Waals surface area contributed by atoms with Gasteiger partial charge in [0.15, 0.2) is 0 Å². The number of ether oxygens (including phenoxy) is 1. The molecule has 1 heterocycles. The Morgan fingerprint density at radius 3 is 1.57 bits per heavy atom. The Bertz CT molecular complexity index is 3010. The number of hydrogen-bond acceptors (Lipinski definition) is 1. The normalized spacial score (nSPS) is 17.4. The Balaban J connectivity index is 1.30. The summed E-state index contributed by atoms with van der Waals surface area (Å²) in [5.41, 5.74) is 19.8. The molecule has 0 amide bonds. The van der Waals surface area contributed by atoms with Gasteiger partial charge in [0.1, 0.15) is 0 Å². The molecule has 0 saturated carbocycles. The molecule has 1 fully saturated rings. The van der Waals surface area contributed by atoms with Crippen molar-refractivity contribution in [2.45, 2.75) is 46.0 Å². The van der Waals surface area contributed by atoms with E-state index in [1.54, 1.807) is 0 Å². The van der Waals surface area contributed by atoms with E-state index in [1.807, 2.05) is 17.9 Å². The topological polar surface area (TPSA) is 9.23 Å². The number of fused-ring (bicyclic) bond motifs is 4. The van der Waals surface area contributed by atoms with Gasteiger partial charge in [-0.05, 0) is 12.5 Å². The van der Waals surface area contributed by atoms with Crippen LogP contribution in [0.2, 0.25) is 0 Å². The van der Waals surface area contributed by atoms with Gasteiger partial charge in [0.05, 0.1) is 0 Å². The molecule has 7 aromatic rings. The van der Waals surface area contributed by atoms with Crippen LogP contribution in [0.1, 0.15) is 75.9 Å². The van der Waals surface area contributed by atoms with Crippen molar-refractivity contribution in [2.24, 2.45) is 0 Å². The van der Waals surface area contributed by atoms with Crippen molar-refractivity contribution in [3.05, 3.63) is 266 Å². The molecular weight excluding hydrogens is 982 g/mol. The van der Waals surface area contributed by atoms with Crippen LogP contribution >= 0.6 is 7.26 Å². The maximum atomic E-state index is 6.25. The van der Waals surface area contributed by atoms with Crippen LogP contribution < -0.4 is 15.9 Å². The first-order valence-corrected chi connectivity index (χ1v) is 26.1. The van der Waals surface area contributed by atoms with Gasteiger partial charge in [-0.2, -0.15) is 0 Å². The van der Waals surface area contributed by atoms with Gasteiger partial charge in [-0.15, -0.1) is 0 Å². The van der Waals surface area contributed by atoms with Gasteiger partial charge >= 0.3 is 368 Å². The second kappa shape index (κ2) is 19.3. The molecule has 1 saturated heterocycles. The fraction of sp³-hybridized carbons (Fsp3) is 0.145. The maximum absolute atomic E-state index is 6.25. The summed E-state index contributed by atoms with van der Waals surface area (Å²) in [5, 5.41) is 5.19. The zero-order valence-electron chi connectivity index (χ0n) is 37.2. The molecule has 1 aliphatic heterocycles. The number of benzene rings is 7.